The molecule has 1 aromatic heterocycles. The van der Waals surface area contributed by atoms with Crippen molar-refractivity contribution >= 4 is 5.97 Å². The van der Waals surface area contributed by atoms with Crippen molar-refractivity contribution in [3.05, 3.63) is 69.6 Å². The highest BCUT2D eigenvalue weighted by Crippen LogP contribution is 2.35. The molecule has 1 aliphatic rings. The fourth-order valence-electron chi connectivity index (χ4n) is 2.64. The molecule has 3 rings (SSSR count). The van der Waals surface area contributed by atoms with Crippen LogP contribution < -0.4 is 5.56 Å². The number of hydrogen-bond acceptors (Lipinski definition) is 2. The first-order valence-corrected chi connectivity index (χ1v) is 6.18. The van der Waals surface area contributed by atoms with Gasteiger partial charge in [-0.3, -0.25) is 4.79 Å². The summed E-state index contributed by atoms with van der Waals surface area (Å²) in [5, 5.41) is 9.13. The number of carboxylic acids is 1. The maximum Gasteiger partial charge on any atom is 0.352 e. The second kappa shape index (κ2) is 4.39. The minimum absolute atomic E-state index is 0.0527. The number of rotatable bonds is 3. The molecule has 1 heterocycles. The van der Waals surface area contributed by atoms with Crippen molar-refractivity contribution < 1.29 is 9.90 Å². The number of aromatic carboxylic acids is 1. The van der Waals surface area contributed by atoms with Crippen molar-refractivity contribution in [2.75, 3.05) is 0 Å². The maximum atomic E-state index is 11.8. The summed E-state index contributed by atoms with van der Waals surface area (Å²) in [7, 11) is 0. The Bertz CT molecular complexity index is 703. The molecule has 0 saturated carbocycles. The van der Waals surface area contributed by atoms with Gasteiger partial charge in [-0.15, -0.1) is 0 Å². The van der Waals surface area contributed by atoms with Crippen LogP contribution in [0.1, 0.15) is 27.5 Å². The van der Waals surface area contributed by atoms with Crippen molar-refractivity contribution in [2.24, 2.45) is 0 Å². The van der Waals surface area contributed by atoms with E-state index in [4.69, 9.17) is 5.11 Å². The van der Waals surface area contributed by atoms with Gasteiger partial charge in [-0.2, -0.15) is 0 Å². The molecule has 0 aliphatic heterocycles. The van der Waals surface area contributed by atoms with Crippen molar-refractivity contribution in [3.63, 3.8) is 0 Å². The van der Waals surface area contributed by atoms with Gasteiger partial charge in [0.05, 0.1) is 0 Å². The van der Waals surface area contributed by atoms with E-state index in [1.54, 1.807) is 0 Å². The van der Waals surface area contributed by atoms with Crippen LogP contribution in [0.4, 0.5) is 0 Å². The number of aromatic nitrogens is 1. The fourth-order valence-corrected chi connectivity index (χ4v) is 2.64. The van der Waals surface area contributed by atoms with E-state index in [0.29, 0.717) is 6.54 Å². The highest BCUT2D eigenvalue weighted by Gasteiger charge is 2.27. The van der Waals surface area contributed by atoms with E-state index in [0.717, 1.165) is 6.42 Å². The second-order valence-corrected chi connectivity index (χ2v) is 4.76. The van der Waals surface area contributed by atoms with Gasteiger partial charge in [0.1, 0.15) is 5.69 Å². The lowest BCUT2D eigenvalue weighted by Crippen LogP contribution is -2.31. The number of benzene rings is 1. The van der Waals surface area contributed by atoms with Crippen molar-refractivity contribution in [1.29, 1.82) is 0 Å². The average Bonchev–Trinajstić information content (AvgIpc) is 2.37. The van der Waals surface area contributed by atoms with E-state index < -0.39 is 5.97 Å². The van der Waals surface area contributed by atoms with Crippen LogP contribution in [0, 0.1) is 0 Å². The number of carbonyl (C=O) groups is 1. The summed E-state index contributed by atoms with van der Waals surface area (Å²) >= 11 is 0. The molecule has 1 aliphatic carbocycles. The van der Waals surface area contributed by atoms with Crippen LogP contribution in [0.3, 0.4) is 0 Å². The molecule has 4 heteroatoms. The van der Waals surface area contributed by atoms with Gasteiger partial charge in [-0.25, -0.2) is 4.79 Å². The number of nitrogens with zero attached hydrogens (tertiary/aromatic N) is 1. The van der Waals surface area contributed by atoms with E-state index in [1.165, 1.54) is 33.9 Å². The van der Waals surface area contributed by atoms with Crippen LogP contribution >= 0.6 is 0 Å². The zero-order valence-electron chi connectivity index (χ0n) is 10.2. The molecule has 0 saturated heterocycles. The zero-order valence-corrected chi connectivity index (χ0v) is 10.2. The number of hydrogen-bond donors (Lipinski definition) is 1. The lowest BCUT2D eigenvalue weighted by molar-refractivity contribution is 0.0682. The molecule has 1 N–H and O–H groups in total. The minimum Gasteiger partial charge on any atom is -0.477 e. The number of fused-ring (bicyclic) bond motifs is 1. The zero-order chi connectivity index (χ0) is 13.4. The molecule has 4 nitrogen and oxygen atoms in total. The fraction of sp³-hybridized carbons (Fsp3) is 0.200. The van der Waals surface area contributed by atoms with E-state index in [9.17, 15) is 9.59 Å². The van der Waals surface area contributed by atoms with Gasteiger partial charge in [0.2, 0.25) is 0 Å². The molecule has 1 aromatic carbocycles. The largest absolute Gasteiger partial charge is 0.477 e. The molecule has 1 atom stereocenters. The van der Waals surface area contributed by atoms with Gasteiger partial charge >= 0.3 is 5.97 Å². The van der Waals surface area contributed by atoms with Gasteiger partial charge in [0.15, 0.2) is 0 Å². The van der Waals surface area contributed by atoms with Crippen LogP contribution in [0.5, 0.6) is 0 Å². The smallest absolute Gasteiger partial charge is 0.352 e. The van der Waals surface area contributed by atoms with Crippen molar-refractivity contribution in [3.8, 4) is 0 Å². The summed E-state index contributed by atoms with van der Waals surface area (Å²) in [6, 6.07) is 12.4. The van der Waals surface area contributed by atoms with Crippen molar-refractivity contribution in [2.45, 2.75) is 18.9 Å². The van der Waals surface area contributed by atoms with Gasteiger partial charge in [-0.1, -0.05) is 30.3 Å². The van der Waals surface area contributed by atoms with Crippen molar-refractivity contribution in [1.82, 2.24) is 4.57 Å². The third-order valence-electron chi connectivity index (χ3n) is 3.63. The summed E-state index contributed by atoms with van der Waals surface area (Å²) in [5.41, 5.74) is 2.30. The Hall–Kier alpha value is -2.36. The molecule has 0 amide bonds. The lowest BCUT2D eigenvalue weighted by Gasteiger charge is -2.30. The van der Waals surface area contributed by atoms with Crippen LogP contribution in [-0.2, 0) is 13.0 Å². The third-order valence-corrected chi connectivity index (χ3v) is 3.63. The Morgan fingerprint density at radius 1 is 1.21 bits per heavy atom. The summed E-state index contributed by atoms with van der Waals surface area (Å²) in [6.45, 7) is 0.429. The van der Waals surface area contributed by atoms with Crippen LogP contribution in [0.15, 0.2) is 47.3 Å². The minimum atomic E-state index is -1.06. The summed E-state index contributed by atoms with van der Waals surface area (Å²) in [6.07, 6.45) is 0.899. The monoisotopic (exact) mass is 255 g/mol. The quantitative estimate of drug-likeness (QED) is 0.911. The SMILES string of the molecule is O=C(O)c1cccc(=O)n1CC1Cc2ccccc21. The first kappa shape index (κ1) is 11.7. The van der Waals surface area contributed by atoms with Gasteiger partial charge in [0, 0.05) is 18.5 Å². The normalized spacial score (nSPS) is 16.5. The first-order chi connectivity index (χ1) is 9.16. The van der Waals surface area contributed by atoms with E-state index in [2.05, 4.69) is 6.07 Å². The predicted molar refractivity (Wildman–Crippen MR) is 70.5 cm³/mol. The molecule has 0 fully saturated rings. The Morgan fingerprint density at radius 3 is 2.74 bits per heavy atom. The van der Waals surface area contributed by atoms with Gasteiger partial charge < -0.3 is 9.67 Å². The summed E-state index contributed by atoms with van der Waals surface area (Å²) in [4.78, 5) is 23.0. The number of carboxylic acid groups (broad SMARTS) is 1. The highest BCUT2D eigenvalue weighted by atomic mass is 16.4. The molecule has 0 spiro atoms. The van der Waals surface area contributed by atoms with E-state index in [-0.39, 0.29) is 17.2 Å². The second-order valence-electron chi connectivity index (χ2n) is 4.76. The van der Waals surface area contributed by atoms with Crippen LogP contribution in [-0.4, -0.2) is 15.6 Å². The number of pyridine rings is 1. The Balaban J connectivity index is 1.94. The molecule has 0 bridgehead atoms. The standard InChI is InChI=1S/C15H13NO3/c17-14-7-3-6-13(15(18)19)16(14)9-11-8-10-4-1-2-5-12(10)11/h1-7,11H,8-9H2,(H,18,19). The Kier molecular flexibility index (Phi) is 2.71. The van der Waals surface area contributed by atoms with Crippen LogP contribution in [0.25, 0.3) is 0 Å². The third kappa shape index (κ3) is 1.95. The molecule has 1 unspecified atom stereocenters. The molecule has 2 aromatic rings. The Morgan fingerprint density at radius 2 is 2.00 bits per heavy atom. The molecular formula is C15H13NO3. The molecule has 96 valence electrons. The topological polar surface area (TPSA) is 59.3 Å². The van der Waals surface area contributed by atoms with Gasteiger partial charge in [0.25, 0.3) is 5.56 Å². The lowest BCUT2D eigenvalue weighted by atomic mass is 9.77. The average molecular weight is 255 g/mol. The molecular weight excluding hydrogens is 242 g/mol. The molecule has 0 radical (unpaired) electrons. The summed E-state index contributed by atoms with van der Waals surface area (Å²) < 4.78 is 1.35. The van der Waals surface area contributed by atoms with Crippen LogP contribution in [0.2, 0.25) is 0 Å². The highest BCUT2D eigenvalue weighted by molar-refractivity contribution is 5.85. The van der Waals surface area contributed by atoms with Gasteiger partial charge in [-0.05, 0) is 23.6 Å². The maximum absolute atomic E-state index is 11.8. The van der Waals surface area contributed by atoms with E-state index >= 15 is 0 Å². The first-order valence-electron chi connectivity index (χ1n) is 6.18. The Labute approximate surface area is 109 Å². The predicted octanol–water partition coefficient (Wildman–Crippen LogP) is 1.89. The van der Waals surface area contributed by atoms with E-state index in [1.807, 2.05) is 18.2 Å². The summed E-state index contributed by atoms with van der Waals surface area (Å²) in [5.74, 6) is -0.834. The molecule has 19 heavy (non-hydrogen) atoms.